The van der Waals surface area contributed by atoms with Crippen molar-refractivity contribution in [3.8, 4) is 0 Å². The van der Waals surface area contributed by atoms with E-state index in [4.69, 9.17) is 0 Å². The lowest BCUT2D eigenvalue weighted by molar-refractivity contribution is 0.136. The number of hydrogen-bond acceptors (Lipinski definition) is 3. The van der Waals surface area contributed by atoms with Crippen molar-refractivity contribution in [2.24, 2.45) is 4.99 Å². The summed E-state index contributed by atoms with van der Waals surface area (Å²) in [6.45, 7) is 14.0. The van der Waals surface area contributed by atoms with E-state index >= 15 is 0 Å². The average Bonchev–Trinajstić information content (AvgIpc) is 2.68. The first-order valence-corrected chi connectivity index (χ1v) is 11.2. The van der Waals surface area contributed by atoms with Gasteiger partial charge in [-0.3, -0.25) is 4.99 Å². The summed E-state index contributed by atoms with van der Waals surface area (Å²) in [6, 6.07) is 0. The Morgan fingerprint density at radius 1 is 0.731 bits per heavy atom. The first-order valence-electron chi connectivity index (χ1n) is 11.2. The molecule has 1 saturated heterocycles. The van der Waals surface area contributed by atoms with Crippen LogP contribution in [0.15, 0.2) is 4.99 Å². The Bertz CT molecular complexity index is 337. The van der Waals surface area contributed by atoms with Crippen molar-refractivity contribution in [1.82, 2.24) is 20.4 Å². The quantitative estimate of drug-likeness (QED) is 0.281. The van der Waals surface area contributed by atoms with Gasteiger partial charge in [-0.1, -0.05) is 52.4 Å². The fraction of sp³-hybridized carbons (Fsp3) is 0.952. The van der Waals surface area contributed by atoms with E-state index in [0.29, 0.717) is 0 Å². The van der Waals surface area contributed by atoms with Crippen molar-refractivity contribution < 1.29 is 0 Å². The fourth-order valence-corrected chi connectivity index (χ4v) is 3.51. The van der Waals surface area contributed by atoms with Crippen LogP contribution in [0.1, 0.15) is 71.6 Å². The van der Waals surface area contributed by atoms with Gasteiger partial charge in [0.25, 0.3) is 0 Å². The molecule has 5 nitrogen and oxygen atoms in total. The van der Waals surface area contributed by atoms with Crippen LogP contribution in [0.2, 0.25) is 0 Å². The number of unbranched alkanes of at least 4 members (excludes halogenated alkanes) is 7. The molecular weight excluding hydrogens is 322 g/mol. The molecule has 0 amide bonds. The largest absolute Gasteiger partial charge is 0.356 e. The third kappa shape index (κ3) is 11.7. The van der Waals surface area contributed by atoms with Crippen molar-refractivity contribution in [3.63, 3.8) is 0 Å². The van der Waals surface area contributed by atoms with E-state index in [9.17, 15) is 0 Å². The summed E-state index contributed by atoms with van der Waals surface area (Å²) in [6.07, 6.45) is 12.0. The molecule has 0 spiro atoms. The van der Waals surface area contributed by atoms with E-state index in [2.05, 4.69) is 39.3 Å². The van der Waals surface area contributed by atoms with Gasteiger partial charge >= 0.3 is 0 Å². The minimum atomic E-state index is 0.965. The van der Waals surface area contributed by atoms with E-state index in [1.54, 1.807) is 0 Å². The second kappa shape index (κ2) is 16.4. The molecule has 154 valence electrons. The average molecular weight is 368 g/mol. The number of nitrogens with zero attached hydrogens (tertiary/aromatic N) is 3. The van der Waals surface area contributed by atoms with Crippen molar-refractivity contribution in [2.75, 3.05) is 59.4 Å². The lowest BCUT2D eigenvalue weighted by Gasteiger charge is -2.34. The highest BCUT2D eigenvalue weighted by Crippen LogP contribution is 2.06. The SMILES string of the molecule is CCCCCCCCCNC(=NC)NCCCCN1CCN(CC)CC1. The van der Waals surface area contributed by atoms with Gasteiger partial charge in [-0.05, 0) is 32.4 Å². The maximum atomic E-state index is 4.33. The van der Waals surface area contributed by atoms with Gasteiger partial charge in [0.15, 0.2) is 5.96 Å². The number of likely N-dealkylation sites (N-methyl/N-ethyl adjacent to an activating group) is 1. The zero-order chi connectivity index (χ0) is 18.9. The van der Waals surface area contributed by atoms with Gasteiger partial charge in [0.1, 0.15) is 0 Å². The molecular formula is C21H45N5. The third-order valence-corrected chi connectivity index (χ3v) is 5.40. The number of nitrogens with one attached hydrogen (secondary N) is 2. The van der Waals surface area contributed by atoms with Gasteiger partial charge in [-0.2, -0.15) is 0 Å². The summed E-state index contributed by atoms with van der Waals surface area (Å²) in [5.41, 5.74) is 0. The van der Waals surface area contributed by atoms with Crippen LogP contribution < -0.4 is 10.6 Å². The van der Waals surface area contributed by atoms with Crippen LogP contribution in [0.4, 0.5) is 0 Å². The van der Waals surface area contributed by atoms with Gasteiger partial charge in [0.05, 0.1) is 0 Å². The molecule has 0 bridgehead atoms. The van der Waals surface area contributed by atoms with Gasteiger partial charge in [0.2, 0.25) is 0 Å². The number of aliphatic imine (C=N–C) groups is 1. The molecule has 0 aromatic rings. The van der Waals surface area contributed by atoms with Crippen LogP contribution in [0.5, 0.6) is 0 Å². The Kier molecular flexibility index (Phi) is 14.6. The summed E-state index contributed by atoms with van der Waals surface area (Å²) in [5, 5.41) is 6.90. The first kappa shape index (κ1) is 23.2. The molecule has 1 aliphatic rings. The van der Waals surface area contributed by atoms with Crippen LogP contribution in [0.3, 0.4) is 0 Å². The molecule has 0 saturated carbocycles. The Balaban J connectivity index is 1.92. The molecule has 0 aliphatic carbocycles. The molecule has 0 unspecified atom stereocenters. The smallest absolute Gasteiger partial charge is 0.190 e. The zero-order valence-electron chi connectivity index (χ0n) is 17.9. The number of hydrogen-bond donors (Lipinski definition) is 2. The highest BCUT2D eigenvalue weighted by Gasteiger charge is 2.14. The Morgan fingerprint density at radius 2 is 1.27 bits per heavy atom. The van der Waals surface area contributed by atoms with E-state index in [1.807, 2.05) is 7.05 Å². The van der Waals surface area contributed by atoms with Crippen molar-refractivity contribution >= 4 is 5.96 Å². The van der Waals surface area contributed by atoms with Crippen molar-refractivity contribution in [3.05, 3.63) is 0 Å². The van der Waals surface area contributed by atoms with E-state index in [-0.39, 0.29) is 0 Å². The topological polar surface area (TPSA) is 42.9 Å². The first-order chi connectivity index (χ1) is 12.8. The molecule has 0 atom stereocenters. The highest BCUT2D eigenvalue weighted by molar-refractivity contribution is 5.79. The molecule has 1 aliphatic heterocycles. The van der Waals surface area contributed by atoms with Crippen molar-refractivity contribution in [1.29, 1.82) is 0 Å². The molecule has 1 fully saturated rings. The van der Waals surface area contributed by atoms with Crippen molar-refractivity contribution in [2.45, 2.75) is 71.6 Å². The highest BCUT2D eigenvalue weighted by atomic mass is 15.3. The van der Waals surface area contributed by atoms with E-state index < -0.39 is 0 Å². The molecule has 5 heteroatoms. The summed E-state index contributed by atoms with van der Waals surface area (Å²) in [4.78, 5) is 9.48. The maximum absolute atomic E-state index is 4.33. The summed E-state index contributed by atoms with van der Waals surface area (Å²) in [5.74, 6) is 0.965. The van der Waals surface area contributed by atoms with Gasteiger partial charge in [-0.25, -0.2) is 0 Å². The Hall–Kier alpha value is -0.810. The van der Waals surface area contributed by atoms with E-state index in [1.165, 1.54) is 97.1 Å². The normalized spacial score (nSPS) is 16.8. The van der Waals surface area contributed by atoms with Gasteiger partial charge in [0, 0.05) is 46.3 Å². The minimum absolute atomic E-state index is 0.965. The predicted molar refractivity (Wildman–Crippen MR) is 115 cm³/mol. The Morgan fingerprint density at radius 3 is 1.85 bits per heavy atom. The summed E-state index contributed by atoms with van der Waals surface area (Å²) >= 11 is 0. The van der Waals surface area contributed by atoms with E-state index in [0.717, 1.165) is 19.0 Å². The molecule has 0 aromatic heterocycles. The lowest BCUT2D eigenvalue weighted by Crippen LogP contribution is -2.46. The van der Waals surface area contributed by atoms with Gasteiger partial charge in [-0.15, -0.1) is 0 Å². The second-order valence-electron chi connectivity index (χ2n) is 7.53. The molecule has 1 rings (SSSR count). The number of piperazine rings is 1. The van der Waals surface area contributed by atoms with Crippen LogP contribution in [0.25, 0.3) is 0 Å². The molecule has 2 N–H and O–H groups in total. The number of rotatable bonds is 14. The lowest BCUT2D eigenvalue weighted by atomic mass is 10.1. The fourth-order valence-electron chi connectivity index (χ4n) is 3.51. The molecule has 26 heavy (non-hydrogen) atoms. The van der Waals surface area contributed by atoms with Crippen LogP contribution in [-0.4, -0.2) is 75.2 Å². The Labute approximate surface area is 163 Å². The summed E-state index contributed by atoms with van der Waals surface area (Å²) in [7, 11) is 1.87. The molecule has 0 radical (unpaired) electrons. The summed E-state index contributed by atoms with van der Waals surface area (Å²) < 4.78 is 0. The number of guanidine groups is 1. The minimum Gasteiger partial charge on any atom is -0.356 e. The van der Waals surface area contributed by atoms with Crippen LogP contribution in [-0.2, 0) is 0 Å². The molecule has 1 heterocycles. The third-order valence-electron chi connectivity index (χ3n) is 5.40. The predicted octanol–water partition coefficient (Wildman–Crippen LogP) is 3.32. The van der Waals surface area contributed by atoms with Gasteiger partial charge < -0.3 is 20.4 Å². The second-order valence-corrected chi connectivity index (χ2v) is 7.53. The maximum Gasteiger partial charge on any atom is 0.190 e. The van der Waals surface area contributed by atoms with Crippen LogP contribution in [0, 0.1) is 0 Å². The monoisotopic (exact) mass is 367 g/mol. The zero-order valence-corrected chi connectivity index (χ0v) is 17.9. The standard InChI is InChI=1S/C21H45N5/c1-4-6-7-8-9-10-11-14-23-21(22-3)24-15-12-13-16-26-19-17-25(5-2)18-20-26/h4-20H2,1-3H3,(H2,22,23,24). The van der Waals surface area contributed by atoms with Crippen LogP contribution >= 0.6 is 0 Å². The molecule has 0 aromatic carbocycles.